The molecule has 3 heterocycles. The van der Waals surface area contributed by atoms with Crippen molar-refractivity contribution in [2.75, 3.05) is 0 Å². The summed E-state index contributed by atoms with van der Waals surface area (Å²) in [5.74, 6) is 0. The van der Waals surface area contributed by atoms with E-state index in [9.17, 15) is 18.3 Å². The molecule has 0 bridgehead atoms. The highest BCUT2D eigenvalue weighted by molar-refractivity contribution is 6.29. The largest absolute Gasteiger partial charge is 0.504 e. The van der Waals surface area contributed by atoms with Crippen molar-refractivity contribution < 1.29 is 18.3 Å². The average molecular weight is 360 g/mol. The second-order valence-corrected chi connectivity index (χ2v) is 6.35. The first-order chi connectivity index (χ1) is 11.0. The number of hydrogen-bond acceptors (Lipinski definition) is 4. The molecule has 0 unspecified atom stereocenters. The van der Waals surface area contributed by atoms with Crippen LogP contribution in [0.1, 0.15) is 13.8 Å². The molecule has 0 aliphatic rings. The van der Waals surface area contributed by atoms with E-state index in [1.54, 1.807) is 26.0 Å². The van der Waals surface area contributed by atoms with Crippen LogP contribution in [0.2, 0.25) is 5.15 Å². The number of hydrogen-bond donors (Lipinski definition) is 1. The standard InChI is InChI=1S/C14H13ClF3N5O/c1-13(2,24)7-22-9-3-4-10(15)20-12(9)11(21-22)8-5-19-23(6-8)14(16,17)18/h3-6,24H,7H2,1-2H3. The Morgan fingerprint density at radius 2 is 1.96 bits per heavy atom. The summed E-state index contributed by atoms with van der Waals surface area (Å²) in [6.07, 6.45) is -2.72. The van der Waals surface area contributed by atoms with Crippen molar-refractivity contribution in [3.63, 3.8) is 0 Å². The van der Waals surface area contributed by atoms with Gasteiger partial charge in [-0.1, -0.05) is 11.6 Å². The zero-order valence-corrected chi connectivity index (χ0v) is 13.5. The van der Waals surface area contributed by atoms with E-state index in [0.29, 0.717) is 11.0 Å². The second kappa shape index (κ2) is 5.45. The van der Waals surface area contributed by atoms with Crippen LogP contribution in [-0.2, 0) is 12.8 Å². The lowest BCUT2D eigenvalue weighted by molar-refractivity contribution is -0.212. The number of alkyl halides is 3. The van der Waals surface area contributed by atoms with Crippen molar-refractivity contribution in [3.8, 4) is 11.3 Å². The van der Waals surface area contributed by atoms with E-state index in [1.165, 1.54) is 4.68 Å². The first-order valence-electron chi connectivity index (χ1n) is 6.92. The molecule has 0 aliphatic heterocycles. The molecular formula is C14H13ClF3N5O. The lowest BCUT2D eigenvalue weighted by Gasteiger charge is -2.17. The van der Waals surface area contributed by atoms with Gasteiger partial charge >= 0.3 is 6.30 Å². The van der Waals surface area contributed by atoms with Crippen molar-refractivity contribution in [1.29, 1.82) is 0 Å². The predicted octanol–water partition coefficient (Wildman–Crippen LogP) is 3.20. The third kappa shape index (κ3) is 3.22. The Kier molecular flexibility index (Phi) is 3.80. The summed E-state index contributed by atoms with van der Waals surface area (Å²) >= 11 is 5.90. The van der Waals surface area contributed by atoms with Crippen LogP contribution in [-0.4, -0.2) is 35.3 Å². The van der Waals surface area contributed by atoms with E-state index in [4.69, 9.17) is 11.6 Å². The van der Waals surface area contributed by atoms with Gasteiger partial charge < -0.3 is 5.11 Å². The summed E-state index contributed by atoms with van der Waals surface area (Å²) in [7, 11) is 0. The number of aromatic nitrogens is 5. The molecule has 0 saturated carbocycles. The third-order valence-electron chi connectivity index (χ3n) is 3.22. The lowest BCUT2D eigenvalue weighted by Crippen LogP contribution is -2.26. The molecule has 0 amide bonds. The third-order valence-corrected chi connectivity index (χ3v) is 3.43. The van der Waals surface area contributed by atoms with Crippen molar-refractivity contribution >= 4 is 22.6 Å². The molecule has 0 atom stereocenters. The predicted molar refractivity (Wildman–Crippen MR) is 81.4 cm³/mol. The number of nitrogens with zero attached hydrogens (tertiary/aromatic N) is 5. The van der Waals surface area contributed by atoms with Crippen molar-refractivity contribution in [3.05, 3.63) is 29.7 Å². The molecule has 0 aromatic carbocycles. The number of aliphatic hydroxyl groups is 1. The minimum absolute atomic E-state index is 0.103. The molecule has 0 saturated heterocycles. The SMILES string of the molecule is CC(C)(O)Cn1nc(-c2cnn(C(F)(F)F)c2)c2nc(Cl)ccc21. The zero-order chi connectivity index (χ0) is 17.7. The maximum absolute atomic E-state index is 12.7. The van der Waals surface area contributed by atoms with Gasteiger partial charge in [0, 0.05) is 11.8 Å². The van der Waals surface area contributed by atoms with Gasteiger partial charge in [-0.3, -0.25) is 4.68 Å². The van der Waals surface area contributed by atoms with E-state index in [0.717, 1.165) is 12.4 Å². The number of halogens is 4. The van der Waals surface area contributed by atoms with E-state index in [2.05, 4.69) is 15.2 Å². The number of rotatable bonds is 3. The van der Waals surface area contributed by atoms with Gasteiger partial charge in [0.1, 0.15) is 16.4 Å². The molecule has 6 nitrogen and oxygen atoms in total. The summed E-state index contributed by atoms with van der Waals surface area (Å²) in [6.45, 7) is 3.34. The summed E-state index contributed by atoms with van der Waals surface area (Å²) in [5.41, 5.74) is 0.199. The maximum atomic E-state index is 12.7. The first-order valence-corrected chi connectivity index (χ1v) is 7.30. The Morgan fingerprint density at radius 3 is 2.54 bits per heavy atom. The van der Waals surface area contributed by atoms with Crippen LogP contribution in [0.15, 0.2) is 24.5 Å². The van der Waals surface area contributed by atoms with Crippen LogP contribution in [0.4, 0.5) is 13.2 Å². The fourth-order valence-corrected chi connectivity index (χ4v) is 2.45. The number of fused-ring (bicyclic) bond motifs is 1. The molecule has 3 aromatic heterocycles. The van der Waals surface area contributed by atoms with Crippen LogP contribution in [0.3, 0.4) is 0 Å². The summed E-state index contributed by atoms with van der Waals surface area (Å²) in [6, 6.07) is 3.20. The van der Waals surface area contributed by atoms with Crippen LogP contribution >= 0.6 is 11.6 Å². The fourth-order valence-electron chi connectivity index (χ4n) is 2.30. The van der Waals surface area contributed by atoms with Crippen LogP contribution in [0.25, 0.3) is 22.3 Å². The fraction of sp³-hybridized carbons (Fsp3) is 0.357. The highest BCUT2D eigenvalue weighted by Crippen LogP contribution is 2.30. The molecule has 24 heavy (non-hydrogen) atoms. The molecular weight excluding hydrogens is 347 g/mol. The summed E-state index contributed by atoms with van der Waals surface area (Å²) < 4.78 is 39.6. The van der Waals surface area contributed by atoms with Gasteiger partial charge in [-0.2, -0.15) is 14.9 Å². The van der Waals surface area contributed by atoms with Crippen LogP contribution in [0, 0.1) is 0 Å². The molecule has 3 aromatic rings. The average Bonchev–Trinajstić information content (AvgIpc) is 3.01. The van der Waals surface area contributed by atoms with Gasteiger partial charge in [0.2, 0.25) is 0 Å². The second-order valence-electron chi connectivity index (χ2n) is 5.96. The summed E-state index contributed by atoms with van der Waals surface area (Å²) in [5, 5.41) is 17.8. The molecule has 3 rings (SSSR count). The molecule has 1 N–H and O–H groups in total. The summed E-state index contributed by atoms with van der Waals surface area (Å²) in [4.78, 5) is 4.16. The van der Waals surface area contributed by atoms with Crippen molar-refractivity contribution in [2.24, 2.45) is 0 Å². The van der Waals surface area contributed by atoms with Crippen LogP contribution in [0.5, 0.6) is 0 Å². The minimum Gasteiger partial charge on any atom is -0.389 e. The normalized spacial score (nSPS) is 13.0. The number of pyridine rings is 1. The van der Waals surface area contributed by atoms with Gasteiger partial charge in [0.05, 0.1) is 23.9 Å². The minimum atomic E-state index is -4.62. The molecule has 128 valence electrons. The Labute approximate surface area is 139 Å². The molecule has 0 fully saturated rings. The highest BCUT2D eigenvalue weighted by Gasteiger charge is 2.32. The molecule has 0 radical (unpaired) electrons. The molecule has 0 aliphatic carbocycles. The van der Waals surface area contributed by atoms with E-state index < -0.39 is 11.9 Å². The van der Waals surface area contributed by atoms with Gasteiger partial charge in [0.25, 0.3) is 0 Å². The van der Waals surface area contributed by atoms with Gasteiger partial charge in [-0.25, -0.2) is 4.98 Å². The molecule has 10 heteroatoms. The van der Waals surface area contributed by atoms with Gasteiger partial charge in [-0.15, -0.1) is 13.2 Å². The van der Waals surface area contributed by atoms with E-state index in [-0.39, 0.29) is 27.6 Å². The first kappa shape index (κ1) is 16.7. The van der Waals surface area contributed by atoms with Crippen LogP contribution < -0.4 is 0 Å². The van der Waals surface area contributed by atoms with Crippen molar-refractivity contribution in [2.45, 2.75) is 32.3 Å². The van der Waals surface area contributed by atoms with Gasteiger partial charge in [-0.05, 0) is 26.0 Å². The Hall–Kier alpha value is -2.13. The smallest absolute Gasteiger partial charge is 0.389 e. The maximum Gasteiger partial charge on any atom is 0.504 e. The lowest BCUT2D eigenvalue weighted by atomic mass is 10.1. The topological polar surface area (TPSA) is 68.8 Å². The monoisotopic (exact) mass is 359 g/mol. The van der Waals surface area contributed by atoms with E-state index >= 15 is 0 Å². The zero-order valence-electron chi connectivity index (χ0n) is 12.7. The quantitative estimate of drug-likeness (QED) is 0.729. The Morgan fingerprint density at radius 1 is 1.25 bits per heavy atom. The van der Waals surface area contributed by atoms with Crippen molar-refractivity contribution in [1.82, 2.24) is 24.5 Å². The highest BCUT2D eigenvalue weighted by atomic mass is 35.5. The Bertz CT molecular complexity index is 894. The van der Waals surface area contributed by atoms with E-state index in [1.807, 2.05) is 0 Å². The Balaban J connectivity index is 2.17. The van der Waals surface area contributed by atoms with Gasteiger partial charge in [0.15, 0.2) is 0 Å². The molecule has 0 spiro atoms.